The molecule has 26 heavy (non-hydrogen) atoms. The smallest absolute Gasteiger partial charge is 0.222 e. The lowest BCUT2D eigenvalue weighted by Crippen LogP contribution is -2.42. The number of nitrogens with one attached hydrogen (secondary N) is 2. The van der Waals surface area contributed by atoms with Crippen LogP contribution in [0.15, 0.2) is 4.99 Å². The molecule has 0 bridgehead atoms. The molecular formula is C19H36N4O3. The average molecular weight is 369 g/mol. The van der Waals surface area contributed by atoms with Crippen molar-refractivity contribution in [1.82, 2.24) is 15.5 Å². The van der Waals surface area contributed by atoms with Crippen molar-refractivity contribution >= 4 is 11.9 Å². The number of rotatable bonds is 10. The summed E-state index contributed by atoms with van der Waals surface area (Å²) in [5, 5.41) is 16.0. The van der Waals surface area contributed by atoms with Gasteiger partial charge in [-0.15, -0.1) is 0 Å². The van der Waals surface area contributed by atoms with E-state index in [1.807, 2.05) is 4.90 Å². The molecule has 0 spiro atoms. The van der Waals surface area contributed by atoms with Gasteiger partial charge in [0.1, 0.15) is 0 Å². The van der Waals surface area contributed by atoms with Gasteiger partial charge in [-0.25, -0.2) is 0 Å². The molecule has 0 saturated carbocycles. The Morgan fingerprint density at radius 3 is 2.85 bits per heavy atom. The van der Waals surface area contributed by atoms with Gasteiger partial charge in [-0.1, -0.05) is 6.92 Å². The number of ether oxygens (including phenoxy) is 1. The van der Waals surface area contributed by atoms with Crippen molar-refractivity contribution in [3.05, 3.63) is 0 Å². The lowest BCUT2D eigenvalue weighted by Gasteiger charge is -2.27. The van der Waals surface area contributed by atoms with Crippen molar-refractivity contribution in [2.45, 2.75) is 58.4 Å². The average Bonchev–Trinajstić information content (AvgIpc) is 3.27. The second-order valence-corrected chi connectivity index (χ2v) is 7.44. The van der Waals surface area contributed by atoms with Gasteiger partial charge in [-0.05, 0) is 39.0 Å². The maximum Gasteiger partial charge on any atom is 0.222 e. The number of nitrogens with zero attached hydrogens (tertiary/aromatic N) is 2. The molecule has 0 aliphatic carbocycles. The van der Waals surface area contributed by atoms with Gasteiger partial charge in [0.05, 0.1) is 13.2 Å². The van der Waals surface area contributed by atoms with Crippen molar-refractivity contribution in [2.24, 2.45) is 10.4 Å². The summed E-state index contributed by atoms with van der Waals surface area (Å²) in [6.45, 7) is 8.94. The molecule has 2 rings (SSSR count). The number of carbonyl (C=O) groups excluding carboxylic acids is 1. The zero-order chi connectivity index (χ0) is 18.8. The Morgan fingerprint density at radius 1 is 1.42 bits per heavy atom. The zero-order valence-corrected chi connectivity index (χ0v) is 16.4. The van der Waals surface area contributed by atoms with Crippen LogP contribution >= 0.6 is 0 Å². The molecule has 7 heteroatoms. The summed E-state index contributed by atoms with van der Waals surface area (Å²) < 4.78 is 5.54. The summed E-state index contributed by atoms with van der Waals surface area (Å²) in [6.07, 6.45) is 5.27. The van der Waals surface area contributed by atoms with Crippen LogP contribution in [0.3, 0.4) is 0 Å². The molecule has 0 aromatic rings. The molecule has 2 atom stereocenters. The second kappa shape index (κ2) is 10.7. The Kier molecular flexibility index (Phi) is 8.65. The highest BCUT2D eigenvalue weighted by molar-refractivity contribution is 5.80. The molecule has 2 aliphatic heterocycles. The Morgan fingerprint density at radius 2 is 2.27 bits per heavy atom. The monoisotopic (exact) mass is 368 g/mol. The Hall–Kier alpha value is -1.34. The number of aliphatic imine (C=N–C) groups is 1. The largest absolute Gasteiger partial charge is 0.396 e. The van der Waals surface area contributed by atoms with E-state index in [0.29, 0.717) is 31.5 Å². The van der Waals surface area contributed by atoms with Crippen molar-refractivity contribution in [3.8, 4) is 0 Å². The van der Waals surface area contributed by atoms with Crippen molar-refractivity contribution < 1.29 is 14.6 Å². The van der Waals surface area contributed by atoms with Crippen LogP contribution in [0.1, 0.15) is 52.4 Å². The van der Waals surface area contributed by atoms with E-state index in [4.69, 9.17) is 9.73 Å². The van der Waals surface area contributed by atoms with Gasteiger partial charge in [0.15, 0.2) is 5.96 Å². The third kappa shape index (κ3) is 5.84. The van der Waals surface area contributed by atoms with Gasteiger partial charge in [-0.3, -0.25) is 9.79 Å². The Balaban J connectivity index is 1.85. The lowest BCUT2D eigenvalue weighted by molar-refractivity contribution is -0.129. The summed E-state index contributed by atoms with van der Waals surface area (Å²) in [5.41, 5.74) is -0.0367. The number of carbonyl (C=O) groups is 1. The number of hydrogen-bond donors (Lipinski definition) is 3. The predicted octanol–water partition coefficient (Wildman–Crippen LogP) is 1.12. The van der Waals surface area contributed by atoms with Gasteiger partial charge in [0, 0.05) is 50.7 Å². The van der Waals surface area contributed by atoms with Crippen LogP contribution in [0.4, 0.5) is 0 Å². The molecule has 2 aliphatic rings. The zero-order valence-electron chi connectivity index (χ0n) is 16.4. The summed E-state index contributed by atoms with van der Waals surface area (Å²) >= 11 is 0. The normalized spacial score (nSPS) is 25.0. The number of hydrogen-bond acceptors (Lipinski definition) is 4. The van der Waals surface area contributed by atoms with Gasteiger partial charge in [-0.2, -0.15) is 0 Å². The quantitative estimate of drug-likeness (QED) is 0.397. The molecule has 2 saturated heterocycles. The Bertz CT molecular complexity index is 464. The van der Waals surface area contributed by atoms with Crippen LogP contribution in [0.2, 0.25) is 0 Å². The maximum absolute atomic E-state index is 12.0. The van der Waals surface area contributed by atoms with E-state index < -0.39 is 0 Å². The summed E-state index contributed by atoms with van der Waals surface area (Å²) in [7, 11) is 0. The van der Waals surface area contributed by atoms with E-state index in [9.17, 15) is 9.90 Å². The fraction of sp³-hybridized carbons (Fsp3) is 0.895. The third-order valence-corrected chi connectivity index (χ3v) is 5.54. The highest BCUT2D eigenvalue weighted by Crippen LogP contribution is 2.32. The van der Waals surface area contributed by atoms with Gasteiger partial charge in [0.25, 0.3) is 0 Å². The number of guanidine groups is 1. The molecule has 2 heterocycles. The van der Waals surface area contributed by atoms with E-state index in [-0.39, 0.29) is 12.0 Å². The van der Waals surface area contributed by atoms with Crippen LogP contribution in [-0.4, -0.2) is 73.9 Å². The second-order valence-electron chi connectivity index (χ2n) is 7.44. The Labute approximate surface area is 157 Å². The molecule has 150 valence electrons. The van der Waals surface area contributed by atoms with E-state index in [1.165, 1.54) is 0 Å². The molecule has 0 aromatic heterocycles. The highest BCUT2D eigenvalue weighted by atomic mass is 16.5. The van der Waals surface area contributed by atoms with E-state index >= 15 is 0 Å². The highest BCUT2D eigenvalue weighted by Gasteiger charge is 2.34. The van der Waals surface area contributed by atoms with Gasteiger partial charge in [0.2, 0.25) is 5.91 Å². The van der Waals surface area contributed by atoms with Gasteiger partial charge >= 0.3 is 0 Å². The first kappa shape index (κ1) is 21.0. The molecular weight excluding hydrogens is 332 g/mol. The molecule has 0 radical (unpaired) electrons. The first-order valence-electron chi connectivity index (χ1n) is 10.1. The van der Waals surface area contributed by atoms with E-state index in [2.05, 4.69) is 24.5 Å². The van der Waals surface area contributed by atoms with Crippen LogP contribution < -0.4 is 10.6 Å². The molecule has 0 aromatic carbocycles. The minimum absolute atomic E-state index is 0.0367. The summed E-state index contributed by atoms with van der Waals surface area (Å²) in [5.74, 6) is 1.10. The van der Waals surface area contributed by atoms with E-state index in [0.717, 1.165) is 64.3 Å². The minimum Gasteiger partial charge on any atom is -0.396 e. The molecule has 3 N–H and O–H groups in total. The number of amides is 1. The molecule has 1 amide bonds. The summed E-state index contributed by atoms with van der Waals surface area (Å²) in [4.78, 5) is 18.7. The fourth-order valence-corrected chi connectivity index (χ4v) is 3.87. The van der Waals surface area contributed by atoms with Crippen molar-refractivity contribution in [2.75, 3.05) is 46.0 Å². The molecule has 2 unspecified atom stereocenters. The number of aliphatic hydroxyl groups excluding tert-OH is 1. The van der Waals surface area contributed by atoms with Crippen molar-refractivity contribution in [1.29, 1.82) is 0 Å². The van der Waals surface area contributed by atoms with E-state index in [1.54, 1.807) is 0 Å². The van der Waals surface area contributed by atoms with Crippen LogP contribution in [0.25, 0.3) is 0 Å². The third-order valence-electron chi connectivity index (χ3n) is 5.54. The minimum atomic E-state index is -0.0367. The standard InChI is InChI=1S/C19H36N4O3/c1-3-16(23-11-5-6-17(23)25)7-10-21-18(20-4-2)22-14-19(8-12-24)9-13-26-15-19/h16,24H,3-15H2,1-2H3,(H2,20,21,22). The first-order chi connectivity index (χ1) is 12.6. The number of aliphatic hydroxyl groups is 1. The number of likely N-dealkylation sites (tertiary alicyclic amines) is 1. The van der Waals surface area contributed by atoms with Crippen LogP contribution in [0, 0.1) is 5.41 Å². The molecule has 2 fully saturated rings. The van der Waals surface area contributed by atoms with Crippen LogP contribution in [0.5, 0.6) is 0 Å². The fourth-order valence-electron chi connectivity index (χ4n) is 3.87. The first-order valence-corrected chi connectivity index (χ1v) is 10.1. The summed E-state index contributed by atoms with van der Waals surface area (Å²) in [6, 6.07) is 0.310. The van der Waals surface area contributed by atoms with Crippen molar-refractivity contribution in [3.63, 3.8) is 0 Å². The predicted molar refractivity (Wildman–Crippen MR) is 103 cm³/mol. The van der Waals surface area contributed by atoms with Gasteiger partial charge < -0.3 is 25.4 Å². The van der Waals surface area contributed by atoms with Crippen LogP contribution in [-0.2, 0) is 9.53 Å². The SMILES string of the molecule is CCNC(=NCC1(CCO)CCOC1)NCCC(CC)N1CCCC1=O. The molecule has 7 nitrogen and oxygen atoms in total. The lowest BCUT2D eigenvalue weighted by atomic mass is 9.84. The maximum atomic E-state index is 12.0. The topological polar surface area (TPSA) is 86.2 Å².